The highest BCUT2D eigenvalue weighted by atomic mass is 19.1. The lowest BCUT2D eigenvalue weighted by Crippen LogP contribution is -2.49. The van der Waals surface area contributed by atoms with E-state index in [1.165, 1.54) is 30.6 Å². The fourth-order valence-corrected chi connectivity index (χ4v) is 7.53. The van der Waals surface area contributed by atoms with Gasteiger partial charge in [-0.1, -0.05) is 116 Å². The standard InChI is InChI=1S/C24H33N5O4.C10H9FN2O.C10H17NO2.C9H17NO.2C4H10.C2H7N/c1-6-24(2,3)29-15-17(18-9-7-8-10-20(18)29)13-19(25-4)23(33)28(5)16-22(32)27-14-21(31)26-11-12-30;1-7-2-3-8-5-12-10(14-6-11)13-9(8)4-7;1-11(8-10-13)7-5-3-2-4-6-9-12;1-10-9(7-11)6-8-4-2-3-5-8;2*1-4(2)3;1-3-2/h6-10,12,15,19,25H,1,11,13-14,16H2,2-5H3,(H,26,31)(H,27,32);2-5H,6H2,1H3;2-3,9-10H,4-8H2,1H3;7-10H,2-6H2,1H3;2*4H,1-3H3;3H,1-2H3/b;;3-2-;;;;/t19-;;;9-;;;/m0..0.../s1. The number of carbonyl (C=O) groups excluding carboxylic acids is 7. The number of allylic oxidation sites excluding steroid dienone is 2. The Morgan fingerprint density at radius 2 is 1.48 bits per heavy atom. The first-order chi connectivity index (χ1) is 39.0. The third-order valence-corrected chi connectivity index (χ3v) is 11.7. The summed E-state index contributed by atoms with van der Waals surface area (Å²) in [7, 11) is 10.8. The number of para-hydroxylation sites is 1. The van der Waals surface area contributed by atoms with Gasteiger partial charge >= 0.3 is 6.01 Å². The van der Waals surface area contributed by atoms with Crippen LogP contribution in [0.4, 0.5) is 4.39 Å². The average Bonchev–Trinajstić information content (AvgIpc) is 4.11. The maximum Gasteiger partial charge on any atom is 0.319 e. The van der Waals surface area contributed by atoms with Gasteiger partial charge in [0.15, 0.2) is 0 Å². The van der Waals surface area contributed by atoms with Gasteiger partial charge in [0.05, 0.1) is 49.3 Å². The number of aromatic nitrogens is 3. The Hall–Kier alpha value is -6.54. The summed E-state index contributed by atoms with van der Waals surface area (Å²) in [4.78, 5) is 88.6. The molecule has 19 heteroatoms. The third kappa shape index (κ3) is 36.0. The van der Waals surface area contributed by atoms with Crippen LogP contribution in [-0.2, 0) is 45.5 Å². The zero-order valence-electron chi connectivity index (χ0n) is 52.3. The van der Waals surface area contributed by atoms with Crippen molar-refractivity contribution in [2.24, 2.45) is 17.8 Å². The van der Waals surface area contributed by atoms with Gasteiger partial charge in [-0.2, -0.15) is 4.98 Å². The molecule has 0 bridgehead atoms. The predicted octanol–water partition coefficient (Wildman–Crippen LogP) is 8.38. The van der Waals surface area contributed by atoms with Crippen molar-refractivity contribution < 1.29 is 42.7 Å². The number of hydrogen-bond acceptors (Lipinski definition) is 14. The van der Waals surface area contributed by atoms with Crippen LogP contribution in [0.3, 0.4) is 0 Å². The first-order valence-corrected chi connectivity index (χ1v) is 28.5. The molecule has 1 saturated carbocycles. The summed E-state index contributed by atoms with van der Waals surface area (Å²) in [6.07, 6.45) is 22.2. The number of fused-ring (bicyclic) bond motifs is 2. The van der Waals surface area contributed by atoms with E-state index in [0.717, 1.165) is 95.4 Å². The Morgan fingerprint density at radius 1 is 0.854 bits per heavy atom. The van der Waals surface area contributed by atoms with Gasteiger partial charge in [0.2, 0.25) is 24.6 Å². The number of hydrogen-bond donors (Lipinski definition) is 5. The molecule has 0 spiro atoms. The molecule has 0 unspecified atom stereocenters. The second-order valence-corrected chi connectivity index (χ2v) is 21.7. The van der Waals surface area contributed by atoms with E-state index in [1.807, 2.05) is 101 Å². The highest BCUT2D eigenvalue weighted by molar-refractivity contribution is 5.91. The van der Waals surface area contributed by atoms with Crippen LogP contribution in [0.1, 0.15) is 118 Å². The minimum atomic E-state index is -0.905. The number of ether oxygens (including phenoxy) is 1. The molecule has 5 N–H and O–H groups in total. The molecule has 2 aromatic carbocycles. The summed E-state index contributed by atoms with van der Waals surface area (Å²) in [6, 6.07) is 13.5. The maximum absolute atomic E-state index is 13.0. The molecule has 1 aliphatic rings. The van der Waals surface area contributed by atoms with Gasteiger partial charge in [-0.15, -0.1) is 6.58 Å². The number of aryl methyl sites for hydroxylation is 1. The lowest BCUT2D eigenvalue weighted by atomic mass is 9.99. The number of alkyl halides is 1. The van der Waals surface area contributed by atoms with E-state index in [4.69, 9.17) is 0 Å². The summed E-state index contributed by atoms with van der Waals surface area (Å²) < 4.78 is 18.6. The quantitative estimate of drug-likeness (QED) is 0.0226. The Bertz CT molecular complexity index is 2430. The van der Waals surface area contributed by atoms with E-state index in [9.17, 15) is 38.0 Å². The second kappa shape index (κ2) is 47.0. The number of carbonyl (C=O) groups is 7. The van der Waals surface area contributed by atoms with Crippen molar-refractivity contribution in [2.75, 3.05) is 81.9 Å². The van der Waals surface area contributed by atoms with Gasteiger partial charge in [-0.3, -0.25) is 19.3 Å². The molecule has 1 aliphatic carbocycles. The minimum Gasteiger partial charge on any atom is -0.431 e. The molecule has 0 aliphatic heterocycles. The Labute approximate surface area is 490 Å². The SMILES string of the molecule is C=CC(C)(C)n1cc(C[C@H](NC)C(=O)N(C)CC(=O)NCC(=O)NCC=O)c2ccccc21.CC(C)C.CC(C)C.CN(CC=O)CC/C=C\CCC=O.CNC.CN[C@H](C=O)CC1CCCC1.Cc1ccc2cnc(OCF)nc2c1. The van der Waals surface area contributed by atoms with Crippen LogP contribution in [0, 0.1) is 24.7 Å². The molecule has 2 heterocycles. The number of nitrogens with one attached hydrogen (secondary N) is 5. The predicted molar refractivity (Wildman–Crippen MR) is 333 cm³/mol. The van der Waals surface area contributed by atoms with E-state index in [0.29, 0.717) is 25.7 Å². The fourth-order valence-electron chi connectivity index (χ4n) is 7.53. The molecular weight excluding hydrogens is 1040 g/mol. The average molecular weight is 1150 g/mol. The highest BCUT2D eigenvalue weighted by Crippen LogP contribution is 2.30. The van der Waals surface area contributed by atoms with Crippen molar-refractivity contribution in [3.63, 3.8) is 0 Å². The first-order valence-electron chi connectivity index (χ1n) is 28.5. The summed E-state index contributed by atoms with van der Waals surface area (Å²) in [6.45, 7) is 23.0. The van der Waals surface area contributed by atoms with Gasteiger partial charge < -0.3 is 60.0 Å². The normalized spacial score (nSPS) is 12.4. The van der Waals surface area contributed by atoms with E-state index in [-0.39, 0.29) is 43.1 Å². The van der Waals surface area contributed by atoms with Crippen LogP contribution in [-0.4, -0.2) is 161 Å². The molecule has 4 aromatic rings. The van der Waals surface area contributed by atoms with Crippen molar-refractivity contribution in [1.29, 1.82) is 0 Å². The van der Waals surface area contributed by atoms with Crippen molar-refractivity contribution in [3.05, 3.63) is 90.8 Å². The number of likely N-dealkylation sites (N-methyl/N-ethyl adjacent to an activating group) is 4. The largest absolute Gasteiger partial charge is 0.431 e. The number of aldehydes is 4. The monoisotopic (exact) mass is 1150 g/mol. The first kappa shape index (κ1) is 77.5. The summed E-state index contributed by atoms with van der Waals surface area (Å²) >= 11 is 0. The maximum atomic E-state index is 13.0. The van der Waals surface area contributed by atoms with Crippen LogP contribution < -0.4 is 31.3 Å². The van der Waals surface area contributed by atoms with Gasteiger partial charge in [0, 0.05) is 48.7 Å². The molecule has 0 radical (unpaired) electrons. The molecular formula is C63H103FN10O8. The van der Waals surface area contributed by atoms with Gasteiger partial charge in [-0.25, -0.2) is 9.37 Å². The fraction of sp³-hybridized carbons (Fsp3) is 0.571. The Kier molecular flexibility index (Phi) is 44.4. The number of nitrogens with zero attached hydrogens (tertiary/aromatic N) is 5. The van der Waals surface area contributed by atoms with E-state index in [1.54, 1.807) is 20.3 Å². The number of amides is 3. The van der Waals surface area contributed by atoms with Crippen molar-refractivity contribution in [3.8, 4) is 6.01 Å². The zero-order valence-corrected chi connectivity index (χ0v) is 52.3. The molecule has 82 heavy (non-hydrogen) atoms. The van der Waals surface area contributed by atoms with Gasteiger partial charge in [0.25, 0.3) is 0 Å². The van der Waals surface area contributed by atoms with Crippen molar-refractivity contribution in [2.45, 2.75) is 138 Å². The molecule has 1 fully saturated rings. The van der Waals surface area contributed by atoms with Gasteiger partial charge in [0.1, 0.15) is 25.1 Å². The molecule has 3 amide bonds. The lowest BCUT2D eigenvalue weighted by molar-refractivity contribution is -0.136. The summed E-state index contributed by atoms with van der Waals surface area (Å²) in [5, 5.41) is 15.6. The molecule has 460 valence electrons. The third-order valence-electron chi connectivity index (χ3n) is 11.7. The van der Waals surface area contributed by atoms with Crippen LogP contribution in [0.2, 0.25) is 0 Å². The van der Waals surface area contributed by atoms with Crippen molar-refractivity contribution in [1.82, 2.24) is 50.9 Å². The van der Waals surface area contributed by atoms with Crippen LogP contribution in [0.25, 0.3) is 21.8 Å². The summed E-state index contributed by atoms with van der Waals surface area (Å²) in [5.74, 6) is 1.29. The van der Waals surface area contributed by atoms with Gasteiger partial charge in [-0.05, 0) is 123 Å². The topological polar surface area (TPSA) is 226 Å². The molecule has 2 aromatic heterocycles. The number of unbranched alkanes of at least 4 members (excludes halogenated alkanes) is 1. The lowest BCUT2D eigenvalue weighted by Gasteiger charge is -2.24. The summed E-state index contributed by atoms with van der Waals surface area (Å²) in [5.41, 5.74) is 3.63. The van der Waals surface area contributed by atoms with E-state index in [2.05, 4.69) is 114 Å². The minimum absolute atomic E-state index is 0.0746. The van der Waals surface area contributed by atoms with Crippen LogP contribution in [0.15, 0.2) is 79.7 Å². The van der Waals surface area contributed by atoms with E-state index < -0.39 is 24.7 Å². The zero-order chi connectivity index (χ0) is 62.5. The van der Waals surface area contributed by atoms with Crippen LogP contribution >= 0.6 is 0 Å². The Morgan fingerprint density at radius 3 is 2.02 bits per heavy atom. The van der Waals surface area contributed by atoms with Crippen molar-refractivity contribution >= 4 is 64.7 Å². The Balaban J connectivity index is 0. The highest BCUT2D eigenvalue weighted by Gasteiger charge is 2.26. The molecule has 2 atom stereocenters. The van der Waals surface area contributed by atoms with E-state index >= 15 is 0 Å². The second-order valence-electron chi connectivity index (χ2n) is 21.7. The molecule has 18 nitrogen and oxygen atoms in total. The number of benzene rings is 2. The molecule has 0 saturated heterocycles. The smallest absolute Gasteiger partial charge is 0.319 e. The number of halogens is 1. The molecule has 5 rings (SSSR count). The van der Waals surface area contributed by atoms with Crippen LogP contribution in [0.5, 0.6) is 6.01 Å². The number of rotatable bonds is 26.